The molecule has 4 N–H and O–H groups in total. The number of aliphatic hydroxyl groups is 4. The van der Waals surface area contributed by atoms with Crippen molar-refractivity contribution in [3.05, 3.63) is 0 Å². The third-order valence-corrected chi connectivity index (χ3v) is 12.5. The summed E-state index contributed by atoms with van der Waals surface area (Å²) in [4.78, 5) is 12.8. The van der Waals surface area contributed by atoms with Crippen LogP contribution in [0.1, 0.15) is 258 Å². The number of ether oxygens (including phenoxy) is 4. The van der Waals surface area contributed by atoms with Crippen LogP contribution in [-0.2, 0) is 23.7 Å². The summed E-state index contributed by atoms with van der Waals surface area (Å²) in [6.07, 6.45) is 41.4. The predicted molar refractivity (Wildman–Crippen MR) is 247 cm³/mol. The maximum atomic E-state index is 12.8. The van der Waals surface area contributed by atoms with E-state index in [1.807, 2.05) is 0 Å². The molecule has 358 valence electrons. The molecule has 0 spiro atoms. The van der Waals surface area contributed by atoms with Crippen molar-refractivity contribution in [3.63, 3.8) is 0 Å². The van der Waals surface area contributed by atoms with Gasteiger partial charge < -0.3 is 39.4 Å². The van der Waals surface area contributed by atoms with Gasteiger partial charge >= 0.3 is 5.97 Å². The molecule has 0 bridgehead atoms. The Bertz CT molecular complexity index is 889. The Kier molecular flexibility index (Phi) is 41.4. The Morgan fingerprint density at radius 1 is 0.467 bits per heavy atom. The average Bonchev–Trinajstić information content (AvgIpc) is 3.25. The summed E-state index contributed by atoms with van der Waals surface area (Å²) in [6, 6.07) is 0. The van der Waals surface area contributed by atoms with Gasteiger partial charge in [-0.25, -0.2) is 0 Å². The van der Waals surface area contributed by atoms with Crippen molar-refractivity contribution in [2.45, 2.75) is 295 Å². The molecular formula is C51H100O9. The smallest absolute Gasteiger partial charge is 0.306 e. The molecule has 0 amide bonds. The third-order valence-electron chi connectivity index (χ3n) is 12.5. The summed E-state index contributed by atoms with van der Waals surface area (Å²) >= 11 is 0. The fourth-order valence-electron chi connectivity index (χ4n) is 8.44. The number of aliphatic hydroxyl groups excluding tert-OH is 4. The second-order valence-electron chi connectivity index (χ2n) is 18.3. The highest BCUT2D eigenvalue weighted by Crippen LogP contribution is 2.23. The van der Waals surface area contributed by atoms with E-state index in [9.17, 15) is 25.2 Å². The summed E-state index contributed by atoms with van der Waals surface area (Å²) in [7, 11) is 0. The average molecular weight is 857 g/mol. The maximum absolute atomic E-state index is 12.8. The fourth-order valence-corrected chi connectivity index (χ4v) is 8.44. The standard InChI is InChI=1S/C51H100O9/c1-3-5-7-9-11-13-15-17-18-19-20-21-22-23-24-25-26-27-28-30-32-34-36-38-40-47(53)59-45(44-58-51-50(56)49(55)48(54)46(42-52)60-51)43-57-41-39-37-35-33-31-29-16-14-12-10-8-6-4-2/h45-46,48-52,54-56H,3-44H2,1-2H3. The molecule has 9 nitrogen and oxygen atoms in total. The van der Waals surface area contributed by atoms with E-state index in [1.165, 1.54) is 205 Å². The van der Waals surface area contributed by atoms with Crippen LogP contribution >= 0.6 is 0 Å². The Hall–Kier alpha value is -0.810. The van der Waals surface area contributed by atoms with E-state index in [-0.39, 0.29) is 19.2 Å². The lowest BCUT2D eigenvalue weighted by atomic mass is 9.99. The van der Waals surface area contributed by atoms with Crippen molar-refractivity contribution in [1.82, 2.24) is 0 Å². The first-order valence-corrected chi connectivity index (χ1v) is 26.1. The fraction of sp³-hybridized carbons (Fsp3) is 0.980. The third kappa shape index (κ3) is 33.7. The Morgan fingerprint density at radius 3 is 1.18 bits per heavy atom. The summed E-state index contributed by atoms with van der Waals surface area (Å²) < 4.78 is 22.9. The van der Waals surface area contributed by atoms with Gasteiger partial charge in [-0.2, -0.15) is 0 Å². The molecule has 1 heterocycles. The van der Waals surface area contributed by atoms with Crippen molar-refractivity contribution in [3.8, 4) is 0 Å². The highest BCUT2D eigenvalue weighted by Gasteiger charge is 2.44. The minimum Gasteiger partial charge on any atom is -0.457 e. The van der Waals surface area contributed by atoms with E-state index in [0.29, 0.717) is 13.0 Å². The normalized spacial score (nSPS) is 19.9. The van der Waals surface area contributed by atoms with E-state index < -0.39 is 43.4 Å². The van der Waals surface area contributed by atoms with Crippen LogP contribution in [0.5, 0.6) is 0 Å². The van der Waals surface area contributed by atoms with E-state index >= 15 is 0 Å². The summed E-state index contributed by atoms with van der Waals surface area (Å²) in [5.41, 5.74) is 0. The van der Waals surface area contributed by atoms with Crippen LogP contribution in [0, 0.1) is 0 Å². The highest BCUT2D eigenvalue weighted by atomic mass is 16.7. The zero-order chi connectivity index (χ0) is 43.6. The molecule has 60 heavy (non-hydrogen) atoms. The zero-order valence-corrected chi connectivity index (χ0v) is 39.5. The van der Waals surface area contributed by atoms with Crippen LogP contribution in [-0.4, -0.2) is 89.6 Å². The monoisotopic (exact) mass is 857 g/mol. The van der Waals surface area contributed by atoms with E-state index in [1.54, 1.807) is 0 Å². The molecule has 6 unspecified atom stereocenters. The Labute approximate surface area is 370 Å². The molecular weight excluding hydrogens is 757 g/mol. The number of esters is 1. The van der Waals surface area contributed by atoms with Crippen LogP contribution < -0.4 is 0 Å². The molecule has 1 fully saturated rings. The van der Waals surface area contributed by atoms with Crippen LogP contribution in [0.3, 0.4) is 0 Å². The molecule has 1 aliphatic rings. The van der Waals surface area contributed by atoms with Gasteiger partial charge in [0.1, 0.15) is 30.5 Å². The summed E-state index contributed by atoms with van der Waals surface area (Å²) in [5, 5.41) is 40.2. The molecule has 0 radical (unpaired) electrons. The molecule has 1 rings (SSSR count). The second-order valence-corrected chi connectivity index (χ2v) is 18.3. The first-order valence-electron chi connectivity index (χ1n) is 26.1. The van der Waals surface area contributed by atoms with Gasteiger partial charge in [-0.1, -0.05) is 239 Å². The molecule has 0 aromatic carbocycles. The van der Waals surface area contributed by atoms with Crippen molar-refractivity contribution in [2.24, 2.45) is 0 Å². The van der Waals surface area contributed by atoms with Crippen molar-refractivity contribution >= 4 is 5.97 Å². The minimum absolute atomic E-state index is 0.105. The van der Waals surface area contributed by atoms with E-state index in [4.69, 9.17) is 18.9 Å². The van der Waals surface area contributed by atoms with Crippen molar-refractivity contribution in [2.75, 3.05) is 26.4 Å². The van der Waals surface area contributed by atoms with Crippen LogP contribution in [0.25, 0.3) is 0 Å². The number of hydrogen-bond acceptors (Lipinski definition) is 9. The van der Waals surface area contributed by atoms with Gasteiger partial charge in [0.05, 0.1) is 19.8 Å². The highest BCUT2D eigenvalue weighted by molar-refractivity contribution is 5.69. The summed E-state index contributed by atoms with van der Waals surface area (Å²) in [5.74, 6) is -0.305. The topological polar surface area (TPSA) is 135 Å². The van der Waals surface area contributed by atoms with Crippen molar-refractivity contribution in [1.29, 1.82) is 0 Å². The SMILES string of the molecule is CCCCCCCCCCCCCCCCCCCCCCCCCCC(=O)OC(COCCCCCCCCCCCCCCC)COC1OC(CO)C(O)C(O)C1O. The number of carbonyl (C=O) groups is 1. The van der Waals surface area contributed by atoms with Gasteiger partial charge in [0.15, 0.2) is 6.29 Å². The second kappa shape index (κ2) is 43.4. The maximum Gasteiger partial charge on any atom is 0.306 e. The molecule has 1 aliphatic heterocycles. The molecule has 0 aromatic rings. The van der Waals surface area contributed by atoms with Crippen LogP contribution in [0.15, 0.2) is 0 Å². The zero-order valence-electron chi connectivity index (χ0n) is 39.5. The number of unbranched alkanes of at least 4 members (excludes halogenated alkanes) is 35. The Morgan fingerprint density at radius 2 is 0.817 bits per heavy atom. The lowest BCUT2D eigenvalue weighted by molar-refractivity contribution is -0.305. The number of rotatable bonds is 46. The molecule has 6 atom stereocenters. The van der Waals surface area contributed by atoms with E-state index in [2.05, 4.69) is 13.8 Å². The lowest BCUT2D eigenvalue weighted by Gasteiger charge is -2.39. The first kappa shape index (κ1) is 57.2. The number of hydrogen-bond donors (Lipinski definition) is 4. The first-order chi connectivity index (χ1) is 29.4. The number of carbonyl (C=O) groups excluding carboxylic acids is 1. The van der Waals surface area contributed by atoms with Crippen molar-refractivity contribution < 1.29 is 44.2 Å². The van der Waals surface area contributed by atoms with Gasteiger partial charge in [0.2, 0.25) is 0 Å². The quantitative estimate of drug-likeness (QED) is 0.0348. The van der Waals surface area contributed by atoms with Gasteiger partial charge in [-0.05, 0) is 12.8 Å². The molecule has 0 saturated carbocycles. The molecule has 1 saturated heterocycles. The Balaban J connectivity index is 2.13. The largest absolute Gasteiger partial charge is 0.457 e. The van der Waals surface area contributed by atoms with Gasteiger partial charge in [-0.15, -0.1) is 0 Å². The van der Waals surface area contributed by atoms with Crippen LogP contribution in [0.4, 0.5) is 0 Å². The molecule has 9 heteroatoms. The predicted octanol–water partition coefficient (Wildman–Crippen LogP) is 12.6. The van der Waals surface area contributed by atoms with Gasteiger partial charge in [-0.3, -0.25) is 4.79 Å². The lowest BCUT2D eigenvalue weighted by Crippen LogP contribution is -2.59. The van der Waals surface area contributed by atoms with Gasteiger partial charge in [0, 0.05) is 13.0 Å². The molecule has 0 aromatic heterocycles. The summed E-state index contributed by atoms with van der Waals surface area (Å²) in [6.45, 7) is 4.62. The molecule has 0 aliphatic carbocycles. The van der Waals surface area contributed by atoms with Crippen LogP contribution in [0.2, 0.25) is 0 Å². The van der Waals surface area contributed by atoms with Gasteiger partial charge in [0.25, 0.3) is 0 Å². The van der Waals surface area contributed by atoms with E-state index in [0.717, 1.165) is 32.1 Å². The minimum atomic E-state index is -1.53.